The maximum Gasteiger partial charge on any atom is 0.229 e. The summed E-state index contributed by atoms with van der Waals surface area (Å²) in [5, 5.41) is 3.00. The lowest BCUT2D eigenvalue weighted by molar-refractivity contribution is 1.15. The molecule has 5 nitrogen and oxygen atoms in total. The van der Waals surface area contributed by atoms with Crippen LogP contribution in [0.4, 0.5) is 11.8 Å². The van der Waals surface area contributed by atoms with Crippen molar-refractivity contribution in [2.75, 3.05) is 11.1 Å². The topological polar surface area (TPSA) is 76.7 Å². The van der Waals surface area contributed by atoms with Crippen molar-refractivity contribution in [1.82, 2.24) is 15.0 Å². The third kappa shape index (κ3) is 3.08. The van der Waals surface area contributed by atoms with E-state index >= 15 is 0 Å². The number of nitrogens with two attached hydrogens (primary N) is 1. The van der Waals surface area contributed by atoms with E-state index in [2.05, 4.69) is 33.4 Å². The predicted octanol–water partition coefficient (Wildman–Crippen LogP) is 2.79. The molecule has 0 saturated carbocycles. The number of nitrogens with zero attached hydrogens (tertiary/aromatic N) is 3. The molecule has 100 valence electrons. The molecule has 2 heterocycles. The van der Waals surface area contributed by atoms with Gasteiger partial charge in [0.1, 0.15) is 5.82 Å². The predicted molar refractivity (Wildman–Crippen MR) is 81.8 cm³/mol. The minimum absolute atomic E-state index is 0.364. The van der Waals surface area contributed by atoms with Crippen LogP contribution in [-0.2, 0) is 0 Å². The molecule has 0 unspecified atom stereocenters. The molecule has 0 aliphatic rings. The summed E-state index contributed by atoms with van der Waals surface area (Å²) in [6.07, 6.45) is 8.40. The van der Waals surface area contributed by atoms with E-state index in [0.29, 0.717) is 17.3 Å². The summed E-state index contributed by atoms with van der Waals surface area (Å²) in [5.41, 5.74) is 8.12. The SMILES string of the molecule is C=C/C=C(\C=C)Nc1ncc(-c2ccccn2)c(N)n1. The second kappa shape index (κ2) is 6.29. The third-order valence-corrected chi connectivity index (χ3v) is 2.53. The number of anilines is 2. The molecule has 0 aliphatic carbocycles. The molecule has 2 aromatic rings. The number of allylic oxidation sites excluding steroid dienone is 3. The molecule has 0 aromatic carbocycles. The summed E-state index contributed by atoms with van der Waals surface area (Å²) in [7, 11) is 0. The molecule has 0 bridgehead atoms. The second-order valence-electron chi connectivity index (χ2n) is 3.89. The van der Waals surface area contributed by atoms with Gasteiger partial charge in [-0.15, -0.1) is 0 Å². The van der Waals surface area contributed by atoms with E-state index in [4.69, 9.17) is 5.73 Å². The van der Waals surface area contributed by atoms with Gasteiger partial charge in [-0.3, -0.25) is 4.98 Å². The fourth-order valence-corrected chi connectivity index (χ4v) is 1.59. The first-order valence-corrected chi connectivity index (χ1v) is 6.00. The van der Waals surface area contributed by atoms with Gasteiger partial charge in [0.25, 0.3) is 0 Å². The molecule has 5 heteroatoms. The second-order valence-corrected chi connectivity index (χ2v) is 3.89. The number of rotatable bonds is 5. The van der Waals surface area contributed by atoms with Gasteiger partial charge in [-0.1, -0.05) is 25.3 Å². The summed E-state index contributed by atoms with van der Waals surface area (Å²) in [6, 6.07) is 5.58. The van der Waals surface area contributed by atoms with Crippen molar-refractivity contribution in [3.8, 4) is 11.3 Å². The Balaban J connectivity index is 2.29. The lowest BCUT2D eigenvalue weighted by Gasteiger charge is -2.08. The van der Waals surface area contributed by atoms with E-state index in [1.54, 1.807) is 30.6 Å². The van der Waals surface area contributed by atoms with Gasteiger partial charge in [0, 0.05) is 18.1 Å². The summed E-state index contributed by atoms with van der Waals surface area (Å²) in [4.78, 5) is 12.7. The zero-order valence-electron chi connectivity index (χ0n) is 11.0. The largest absolute Gasteiger partial charge is 0.383 e. The maximum atomic E-state index is 5.95. The van der Waals surface area contributed by atoms with Crippen LogP contribution >= 0.6 is 0 Å². The Labute approximate surface area is 117 Å². The van der Waals surface area contributed by atoms with Gasteiger partial charge >= 0.3 is 0 Å². The van der Waals surface area contributed by atoms with E-state index in [-0.39, 0.29) is 0 Å². The lowest BCUT2D eigenvalue weighted by Crippen LogP contribution is -2.05. The van der Waals surface area contributed by atoms with Gasteiger partial charge in [-0.25, -0.2) is 4.98 Å². The van der Waals surface area contributed by atoms with Gasteiger partial charge in [0.2, 0.25) is 5.95 Å². The Morgan fingerprint density at radius 3 is 2.70 bits per heavy atom. The average molecular weight is 265 g/mol. The van der Waals surface area contributed by atoms with Crippen molar-refractivity contribution < 1.29 is 0 Å². The lowest BCUT2D eigenvalue weighted by atomic mass is 10.2. The van der Waals surface area contributed by atoms with E-state index in [9.17, 15) is 0 Å². The molecule has 2 rings (SSSR count). The van der Waals surface area contributed by atoms with Gasteiger partial charge in [-0.2, -0.15) is 4.98 Å². The molecule has 0 aliphatic heterocycles. The highest BCUT2D eigenvalue weighted by Gasteiger charge is 2.07. The normalized spacial score (nSPS) is 10.9. The number of nitrogens with one attached hydrogen (secondary N) is 1. The molecule has 20 heavy (non-hydrogen) atoms. The summed E-state index contributed by atoms with van der Waals surface area (Å²) >= 11 is 0. The number of pyridine rings is 1. The van der Waals surface area contributed by atoms with Crippen LogP contribution in [0.1, 0.15) is 0 Å². The molecular formula is C15H15N5. The minimum atomic E-state index is 0.364. The van der Waals surface area contributed by atoms with Crippen molar-refractivity contribution in [2.45, 2.75) is 0 Å². The molecular weight excluding hydrogens is 250 g/mol. The molecule has 2 aromatic heterocycles. The van der Waals surface area contributed by atoms with E-state index < -0.39 is 0 Å². The molecule has 3 N–H and O–H groups in total. The number of hydrogen-bond acceptors (Lipinski definition) is 5. The van der Waals surface area contributed by atoms with Gasteiger partial charge < -0.3 is 11.1 Å². The fourth-order valence-electron chi connectivity index (χ4n) is 1.59. The highest BCUT2D eigenvalue weighted by Crippen LogP contribution is 2.22. The van der Waals surface area contributed by atoms with Crippen LogP contribution in [0.25, 0.3) is 11.3 Å². The molecule has 0 atom stereocenters. The van der Waals surface area contributed by atoms with Crippen molar-refractivity contribution in [3.05, 3.63) is 67.7 Å². The molecule has 0 radical (unpaired) electrons. The number of nitrogen functional groups attached to an aromatic ring is 1. The van der Waals surface area contributed by atoms with Gasteiger partial charge in [-0.05, 0) is 24.3 Å². The van der Waals surface area contributed by atoms with Crippen LogP contribution in [-0.4, -0.2) is 15.0 Å². The van der Waals surface area contributed by atoms with Crippen LogP contribution < -0.4 is 11.1 Å². The van der Waals surface area contributed by atoms with Crippen molar-refractivity contribution in [3.63, 3.8) is 0 Å². The van der Waals surface area contributed by atoms with Crippen LogP contribution in [0.3, 0.4) is 0 Å². The zero-order valence-corrected chi connectivity index (χ0v) is 11.0. The van der Waals surface area contributed by atoms with Gasteiger partial charge in [0.05, 0.1) is 11.3 Å². The number of aromatic nitrogens is 3. The Morgan fingerprint density at radius 2 is 2.10 bits per heavy atom. The Hall–Kier alpha value is -2.95. The quantitative estimate of drug-likeness (QED) is 0.813. The minimum Gasteiger partial charge on any atom is -0.383 e. The van der Waals surface area contributed by atoms with Gasteiger partial charge in [0.15, 0.2) is 0 Å². The molecule has 0 amide bonds. The van der Waals surface area contributed by atoms with Crippen LogP contribution in [0, 0.1) is 0 Å². The monoisotopic (exact) mass is 265 g/mol. The average Bonchev–Trinajstić information content (AvgIpc) is 2.48. The smallest absolute Gasteiger partial charge is 0.229 e. The third-order valence-electron chi connectivity index (χ3n) is 2.53. The first-order valence-electron chi connectivity index (χ1n) is 6.00. The first-order chi connectivity index (χ1) is 9.74. The zero-order chi connectivity index (χ0) is 14.4. The Morgan fingerprint density at radius 1 is 1.25 bits per heavy atom. The van der Waals surface area contributed by atoms with Crippen LogP contribution in [0.15, 0.2) is 67.7 Å². The van der Waals surface area contributed by atoms with Crippen molar-refractivity contribution in [1.29, 1.82) is 0 Å². The van der Waals surface area contributed by atoms with E-state index in [1.807, 2.05) is 18.2 Å². The molecule has 0 saturated heterocycles. The van der Waals surface area contributed by atoms with Crippen LogP contribution in [0.5, 0.6) is 0 Å². The van der Waals surface area contributed by atoms with Crippen LogP contribution in [0.2, 0.25) is 0 Å². The highest BCUT2D eigenvalue weighted by molar-refractivity contribution is 5.70. The summed E-state index contributed by atoms with van der Waals surface area (Å²) < 4.78 is 0. The van der Waals surface area contributed by atoms with E-state index in [1.165, 1.54) is 0 Å². The standard InChI is InChI=1S/C15H15N5/c1-3-7-11(4-2)19-15-18-10-12(14(16)20-15)13-8-5-6-9-17-13/h3-10H,1-2H2,(H3,16,18,19,20)/b11-7+. The Bertz CT molecular complexity index is 647. The summed E-state index contributed by atoms with van der Waals surface area (Å²) in [6.45, 7) is 7.31. The molecule has 0 fully saturated rings. The van der Waals surface area contributed by atoms with E-state index in [0.717, 1.165) is 11.4 Å². The Kier molecular flexibility index (Phi) is 4.24. The highest BCUT2D eigenvalue weighted by atomic mass is 15.1. The molecule has 0 spiro atoms. The maximum absolute atomic E-state index is 5.95. The number of hydrogen-bond donors (Lipinski definition) is 2. The van der Waals surface area contributed by atoms with Crippen molar-refractivity contribution in [2.24, 2.45) is 0 Å². The van der Waals surface area contributed by atoms with Crippen molar-refractivity contribution >= 4 is 11.8 Å². The first kappa shape index (κ1) is 13.5. The fraction of sp³-hybridized carbons (Fsp3) is 0. The summed E-state index contributed by atoms with van der Waals surface area (Å²) in [5.74, 6) is 0.762.